The zero-order chi connectivity index (χ0) is 12.5. The van der Waals surface area contributed by atoms with Crippen LogP contribution in [0, 0.1) is 5.82 Å². The first-order valence-corrected chi connectivity index (χ1v) is 6.10. The summed E-state index contributed by atoms with van der Waals surface area (Å²) < 4.78 is 15.6. The molecule has 0 fully saturated rings. The minimum Gasteiger partial charge on any atom is -0.343 e. The van der Waals surface area contributed by atoms with E-state index in [4.69, 9.17) is 11.6 Å². The molecule has 1 aromatic heterocycles. The second-order valence-corrected chi connectivity index (χ2v) is 4.61. The molecule has 0 saturated carbocycles. The highest BCUT2D eigenvalue weighted by atomic mass is 35.5. The highest BCUT2D eigenvalue weighted by molar-refractivity contribution is 6.35. The van der Waals surface area contributed by atoms with Crippen molar-refractivity contribution in [3.05, 3.63) is 71.1 Å². The van der Waals surface area contributed by atoms with Crippen molar-refractivity contribution in [2.24, 2.45) is 0 Å². The van der Waals surface area contributed by atoms with E-state index in [9.17, 15) is 4.39 Å². The fraction of sp³-hybridized carbons (Fsp3) is 0.0667. The van der Waals surface area contributed by atoms with Crippen LogP contribution in [-0.4, -0.2) is 4.57 Å². The summed E-state index contributed by atoms with van der Waals surface area (Å²) >= 11 is 6.12. The van der Waals surface area contributed by atoms with E-state index < -0.39 is 0 Å². The molecule has 0 aliphatic heterocycles. The average Bonchev–Trinajstić information content (AvgIpc) is 2.77. The quantitative estimate of drug-likeness (QED) is 0.639. The second kappa shape index (κ2) is 4.46. The van der Waals surface area contributed by atoms with Crippen LogP contribution in [0.1, 0.15) is 5.56 Å². The number of fused-ring (bicyclic) bond motifs is 1. The van der Waals surface area contributed by atoms with Gasteiger partial charge in [-0.05, 0) is 24.3 Å². The van der Waals surface area contributed by atoms with Crippen molar-refractivity contribution < 1.29 is 4.39 Å². The van der Waals surface area contributed by atoms with E-state index in [1.54, 1.807) is 12.1 Å². The first kappa shape index (κ1) is 11.3. The largest absolute Gasteiger partial charge is 0.343 e. The fourth-order valence-corrected chi connectivity index (χ4v) is 2.37. The summed E-state index contributed by atoms with van der Waals surface area (Å²) in [5.74, 6) is -0.179. The minimum atomic E-state index is -0.179. The molecule has 18 heavy (non-hydrogen) atoms. The van der Waals surface area contributed by atoms with Gasteiger partial charge < -0.3 is 4.57 Å². The standard InChI is InChI=1S/C15H11ClFN/c16-13-5-3-7-15-12(13)8-9-18(15)10-11-4-1-2-6-14(11)17/h1-9H,10H2. The molecule has 1 heterocycles. The van der Waals surface area contributed by atoms with Gasteiger partial charge in [-0.25, -0.2) is 4.39 Å². The Bertz CT molecular complexity index is 703. The maximum atomic E-state index is 13.6. The van der Waals surface area contributed by atoms with Crippen LogP contribution in [0.4, 0.5) is 4.39 Å². The molecule has 0 atom stereocenters. The summed E-state index contributed by atoms with van der Waals surface area (Å²) in [5, 5.41) is 1.72. The van der Waals surface area contributed by atoms with Crippen LogP contribution >= 0.6 is 11.6 Å². The molecule has 3 heteroatoms. The van der Waals surface area contributed by atoms with Crippen molar-refractivity contribution in [1.82, 2.24) is 4.57 Å². The normalized spacial score (nSPS) is 11.0. The molecular weight excluding hydrogens is 249 g/mol. The van der Waals surface area contributed by atoms with Gasteiger partial charge >= 0.3 is 0 Å². The Labute approximate surface area is 109 Å². The molecule has 0 bridgehead atoms. The van der Waals surface area contributed by atoms with Crippen molar-refractivity contribution in [1.29, 1.82) is 0 Å². The van der Waals surface area contributed by atoms with Crippen LogP contribution in [0.25, 0.3) is 10.9 Å². The first-order valence-electron chi connectivity index (χ1n) is 5.72. The van der Waals surface area contributed by atoms with Gasteiger partial charge in [0, 0.05) is 27.7 Å². The number of nitrogens with zero attached hydrogens (tertiary/aromatic N) is 1. The Morgan fingerprint density at radius 3 is 2.67 bits per heavy atom. The van der Waals surface area contributed by atoms with Gasteiger partial charge in [0.25, 0.3) is 0 Å². The van der Waals surface area contributed by atoms with E-state index in [-0.39, 0.29) is 5.82 Å². The van der Waals surface area contributed by atoms with Gasteiger partial charge in [-0.3, -0.25) is 0 Å². The van der Waals surface area contributed by atoms with E-state index in [0.29, 0.717) is 12.1 Å². The molecule has 0 amide bonds. The van der Waals surface area contributed by atoms with Crippen LogP contribution in [0.5, 0.6) is 0 Å². The third-order valence-electron chi connectivity index (χ3n) is 3.06. The fourth-order valence-electron chi connectivity index (χ4n) is 2.13. The third kappa shape index (κ3) is 1.89. The van der Waals surface area contributed by atoms with Gasteiger partial charge in [0.15, 0.2) is 0 Å². The number of hydrogen-bond donors (Lipinski definition) is 0. The van der Waals surface area contributed by atoms with Crippen molar-refractivity contribution >= 4 is 22.5 Å². The van der Waals surface area contributed by atoms with Gasteiger partial charge in [-0.1, -0.05) is 35.9 Å². The van der Waals surface area contributed by atoms with Gasteiger partial charge in [0.2, 0.25) is 0 Å². The summed E-state index contributed by atoms with van der Waals surface area (Å²) in [4.78, 5) is 0. The van der Waals surface area contributed by atoms with E-state index in [1.807, 2.05) is 41.1 Å². The minimum absolute atomic E-state index is 0.179. The number of aromatic nitrogens is 1. The molecule has 0 aliphatic rings. The predicted molar refractivity (Wildman–Crippen MR) is 72.5 cm³/mol. The molecule has 0 aliphatic carbocycles. The van der Waals surface area contributed by atoms with Gasteiger partial charge in [0.1, 0.15) is 5.82 Å². The van der Waals surface area contributed by atoms with Gasteiger partial charge in [-0.15, -0.1) is 0 Å². The van der Waals surface area contributed by atoms with Crippen LogP contribution in [-0.2, 0) is 6.54 Å². The molecule has 90 valence electrons. The summed E-state index contributed by atoms with van der Waals surface area (Å²) in [7, 11) is 0. The number of rotatable bonds is 2. The average molecular weight is 260 g/mol. The van der Waals surface area contributed by atoms with Gasteiger partial charge in [0.05, 0.1) is 6.54 Å². The zero-order valence-corrected chi connectivity index (χ0v) is 10.4. The monoisotopic (exact) mass is 259 g/mol. The summed E-state index contributed by atoms with van der Waals surface area (Å²) in [6.45, 7) is 0.510. The summed E-state index contributed by atoms with van der Waals surface area (Å²) in [6, 6.07) is 14.5. The Kier molecular flexibility index (Phi) is 2.80. The van der Waals surface area contributed by atoms with Crippen LogP contribution in [0.15, 0.2) is 54.7 Å². The molecule has 0 unspecified atom stereocenters. The lowest BCUT2D eigenvalue weighted by molar-refractivity contribution is 0.602. The summed E-state index contributed by atoms with van der Waals surface area (Å²) in [5.41, 5.74) is 1.70. The van der Waals surface area contributed by atoms with E-state index >= 15 is 0 Å². The third-order valence-corrected chi connectivity index (χ3v) is 3.39. The molecular formula is C15H11ClFN. The summed E-state index contributed by atoms with van der Waals surface area (Å²) in [6.07, 6.45) is 1.93. The topological polar surface area (TPSA) is 4.93 Å². The molecule has 0 saturated heterocycles. The molecule has 0 radical (unpaired) electrons. The molecule has 3 rings (SSSR count). The highest BCUT2D eigenvalue weighted by Gasteiger charge is 2.06. The van der Waals surface area contributed by atoms with Crippen molar-refractivity contribution in [2.45, 2.75) is 6.54 Å². The van der Waals surface area contributed by atoms with E-state index in [0.717, 1.165) is 15.9 Å². The smallest absolute Gasteiger partial charge is 0.128 e. The Balaban J connectivity index is 2.06. The lowest BCUT2D eigenvalue weighted by Gasteiger charge is -2.06. The maximum Gasteiger partial charge on any atom is 0.128 e. The molecule has 3 aromatic rings. The Morgan fingerprint density at radius 1 is 1.00 bits per heavy atom. The number of benzene rings is 2. The van der Waals surface area contributed by atoms with E-state index in [1.165, 1.54) is 6.07 Å². The van der Waals surface area contributed by atoms with E-state index in [2.05, 4.69) is 0 Å². The predicted octanol–water partition coefficient (Wildman–Crippen LogP) is 4.48. The lowest BCUT2D eigenvalue weighted by Crippen LogP contribution is -2.00. The van der Waals surface area contributed by atoms with Crippen molar-refractivity contribution in [3.8, 4) is 0 Å². The molecule has 2 aromatic carbocycles. The Morgan fingerprint density at radius 2 is 1.83 bits per heavy atom. The Hall–Kier alpha value is -1.80. The van der Waals surface area contributed by atoms with Crippen molar-refractivity contribution in [3.63, 3.8) is 0 Å². The molecule has 0 N–H and O–H groups in total. The number of hydrogen-bond acceptors (Lipinski definition) is 0. The van der Waals surface area contributed by atoms with Crippen LogP contribution in [0.2, 0.25) is 5.02 Å². The number of halogens is 2. The second-order valence-electron chi connectivity index (χ2n) is 4.21. The highest BCUT2D eigenvalue weighted by Crippen LogP contribution is 2.25. The van der Waals surface area contributed by atoms with Gasteiger partial charge in [-0.2, -0.15) is 0 Å². The molecule has 0 spiro atoms. The maximum absolute atomic E-state index is 13.6. The van der Waals surface area contributed by atoms with Crippen molar-refractivity contribution in [2.75, 3.05) is 0 Å². The molecule has 1 nitrogen and oxygen atoms in total. The SMILES string of the molecule is Fc1ccccc1Cn1ccc2c(Cl)cccc21. The van der Waals surface area contributed by atoms with Crippen LogP contribution in [0.3, 0.4) is 0 Å². The lowest BCUT2D eigenvalue weighted by atomic mass is 10.2. The van der Waals surface area contributed by atoms with Crippen LogP contribution < -0.4 is 0 Å². The zero-order valence-electron chi connectivity index (χ0n) is 9.61. The first-order chi connectivity index (χ1) is 8.75.